The van der Waals surface area contributed by atoms with Crippen molar-refractivity contribution in [1.29, 1.82) is 0 Å². The SMILES string of the molecule is CCN(CC)CCN(C)CC1CSc2c(Cc3c(F)cccc3F)c(C)c(-c3cccc(OC)c3F)c(=O)n21. The van der Waals surface area contributed by atoms with Crippen molar-refractivity contribution in [2.24, 2.45) is 0 Å². The Morgan fingerprint density at radius 2 is 1.69 bits per heavy atom. The Morgan fingerprint density at radius 1 is 1.03 bits per heavy atom. The van der Waals surface area contributed by atoms with Crippen molar-refractivity contribution < 1.29 is 17.9 Å². The highest BCUT2D eigenvalue weighted by Crippen LogP contribution is 2.41. The van der Waals surface area contributed by atoms with E-state index in [0.29, 0.717) is 28.5 Å². The van der Waals surface area contributed by atoms with Crippen LogP contribution in [-0.4, -0.2) is 67.0 Å². The van der Waals surface area contributed by atoms with E-state index in [1.165, 1.54) is 43.1 Å². The van der Waals surface area contributed by atoms with E-state index in [1.807, 2.05) is 7.05 Å². The summed E-state index contributed by atoms with van der Waals surface area (Å²) in [5, 5.41) is 0.689. The second kappa shape index (κ2) is 12.6. The van der Waals surface area contributed by atoms with E-state index in [0.717, 1.165) is 26.2 Å². The second-order valence-corrected chi connectivity index (χ2v) is 10.9. The molecule has 0 aliphatic carbocycles. The van der Waals surface area contributed by atoms with Gasteiger partial charge < -0.3 is 14.5 Å². The van der Waals surface area contributed by atoms with E-state index in [4.69, 9.17) is 4.74 Å². The number of halogens is 3. The zero-order chi connectivity index (χ0) is 28.3. The molecule has 0 saturated carbocycles. The van der Waals surface area contributed by atoms with Crippen molar-refractivity contribution in [3.8, 4) is 16.9 Å². The zero-order valence-electron chi connectivity index (χ0n) is 23.2. The summed E-state index contributed by atoms with van der Waals surface area (Å²) in [6.07, 6.45) is -0.0456. The van der Waals surface area contributed by atoms with Gasteiger partial charge in [-0.3, -0.25) is 9.36 Å². The third kappa shape index (κ3) is 5.90. The standard InChI is InChI=1S/C30H36F3N3O2S/c1-6-35(7-2)15-14-34(4)17-20-18-39-30-22(16-23-24(31)11-9-12-25(23)32)19(3)27(29(37)36(20)30)21-10-8-13-26(38-5)28(21)33/h8-13,20H,6-7,14-18H2,1-5H3. The van der Waals surface area contributed by atoms with Crippen LogP contribution in [-0.2, 0) is 6.42 Å². The number of nitrogens with zero attached hydrogens (tertiary/aromatic N) is 3. The summed E-state index contributed by atoms with van der Waals surface area (Å²) in [4.78, 5) is 18.6. The highest BCUT2D eigenvalue weighted by atomic mass is 32.2. The molecule has 0 N–H and O–H groups in total. The van der Waals surface area contributed by atoms with Crippen molar-refractivity contribution in [2.75, 3.05) is 52.6 Å². The minimum Gasteiger partial charge on any atom is -0.494 e. The van der Waals surface area contributed by atoms with Crippen LogP contribution in [0.3, 0.4) is 0 Å². The van der Waals surface area contributed by atoms with Crippen LogP contribution in [0.25, 0.3) is 11.1 Å². The summed E-state index contributed by atoms with van der Waals surface area (Å²) in [6, 6.07) is 8.30. The van der Waals surface area contributed by atoms with E-state index in [9.17, 15) is 13.6 Å². The average molecular weight is 560 g/mol. The van der Waals surface area contributed by atoms with Gasteiger partial charge in [-0.05, 0) is 56.4 Å². The summed E-state index contributed by atoms with van der Waals surface area (Å²) < 4.78 is 51.9. The topological polar surface area (TPSA) is 37.7 Å². The fourth-order valence-electron chi connectivity index (χ4n) is 5.27. The lowest BCUT2D eigenvalue weighted by Gasteiger charge is -2.26. The first-order valence-electron chi connectivity index (χ1n) is 13.3. The van der Waals surface area contributed by atoms with Crippen LogP contribution in [0.4, 0.5) is 13.2 Å². The molecule has 2 heterocycles. The Balaban J connectivity index is 1.83. The average Bonchev–Trinajstić information content (AvgIpc) is 3.33. The zero-order valence-corrected chi connectivity index (χ0v) is 24.0. The van der Waals surface area contributed by atoms with Crippen LogP contribution in [0.15, 0.2) is 46.2 Å². The van der Waals surface area contributed by atoms with E-state index < -0.39 is 17.5 Å². The number of rotatable bonds is 11. The predicted molar refractivity (Wildman–Crippen MR) is 152 cm³/mol. The van der Waals surface area contributed by atoms with E-state index in [2.05, 4.69) is 23.6 Å². The highest BCUT2D eigenvalue weighted by molar-refractivity contribution is 7.99. The first kappa shape index (κ1) is 29.2. The minimum absolute atomic E-state index is 0.0283. The largest absolute Gasteiger partial charge is 0.494 e. The van der Waals surface area contributed by atoms with Gasteiger partial charge >= 0.3 is 0 Å². The summed E-state index contributed by atoms with van der Waals surface area (Å²) in [5.74, 6) is -1.27. The van der Waals surface area contributed by atoms with Gasteiger partial charge in [0, 0.05) is 42.9 Å². The number of hydrogen-bond donors (Lipinski definition) is 0. The Hall–Kier alpha value is -2.75. The number of fused-ring (bicyclic) bond motifs is 1. The molecule has 1 unspecified atom stereocenters. The van der Waals surface area contributed by atoms with Crippen molar-refractivity contribution >= 4 is 11.8 Å². The summed E-state index contributed by atoms with van der Waals surface area (Å²) in [7, 11) is 3.40. The van der Waals surface area contributed by atoms with Gasteiger partial charge in [-0.15, -0.1) is 11.8 Å². The molecule has 5 nitrogen and oxygen atoms in total. The molecule has 210 valence electrons. The molecule has 0 saturated heterocycles. The van der Waals surface area contributed by atoms with Crippen LogP contribution in [0.5, 0.6) is 5.75 Å². The van der Waals surface area contributed by atoms with Crippen LogP contribution in [0, 0.1) is 24.4 Å². The molecule has 0 radical (unpaired) electrons. The number of aromatic nitrogens is 1. The molecule has 39 heavy (non-hydrogen) atoms. The molecule has 1 aliphatic heterocycles. The molecule has 2 aromatic carbocycles. The number of benzene rings is 2. The normalized spacial score (nSPS) is 14.9. The molecule has 9 heteroatoms. The van der Waals surface area contributed by atoms with E-state index >= 15 is 4.39 Å². The molecule has 3 aromatic rings. The highest BCUT2D eigenvalue weighted by Gasteiger charge is 2.32. The molecule has 0 amide bonds. The number of methoxy groups -OCH3 is 1. The molecule has 1 atom stereocenters. The van der Waals surface area contributed by atoms with Crippen molar-refractivity contribution in [1.82, 2.24) is 14.4 Å². The minimum atomic E-state index is -0.649. The van der Waals surface area contributed by atoms with Gasteiger partial charge in [0.1, 0.15) is 11.6 Å². The number of thioether (sulfide) groups is 1. The molecular formula is C30H36F3N3O2S. The summed E-state index contributed by atoms with van der Waals surface area (Å²) >= 11 is 1.52. The summed E-state index contributed by atoms with van der Waals surface area (Å²) in [5.41, 5.74) is 1.09. The maximum Gasteiger partial charge on any atom is 0.260 e. The Labute approximate surface area is 232 Å². The number of pyridine rings is 1. The predicted octanol–water partition coefficient (Wildman–Crippen LogP) is 5.76. The van der Waals surface area contributed by atoms with Gasteiger partial charge in [0.2, 0.25) is 0 Å². The fraction of sp³-hybridized carbons (Fsp3) is 0.433. The van der Waals surface area contributed by atoms with Gasteiger partial charge in [0.05, 0.1) is 23.7 Å². The Bertz CT molecular complexity index is 1370. The van der Waals surface area contributed by atoms with E-state index in [1.54, 1.807) is 23.6 Å². The van der Waals surface area contributed by atoms with Gasteiger partial charge in [0.25, 0.3) is 5.56 Å². The Kier molecular flexibility index (Phi) is 9.46. The third-order valence-electron chi connectivity index (χ3n) is 7.60. The molecule has 1 aromatic heterocycles. The van der Waals surface area contributed by atoms with Crippen LogP contribution < -0.4 is 10.3 Å². The van der Waals surface area contributed by atoms with Gasteiger partial charge in [-0.2, -0.15) is 0 Å². The van der Waals surface area contributed by atoms with Crippen molar-refractivity contribution in [2.45, 2.75) is 38.3 Å². The lowest BCUT2D eigenvalue weighted by molar-refractivity contribution is 0.223. The maximum absolute atomic E-state index is 15.5. The summed E-state index contributed by atoms with van der Waals surface area (Å²) in [6.45, 7) is 10.3. The Morgan fingerprint density at radius 3 is 2.33 bits per heavy atom. The molecule has 0 bridgehead atoms. The number of ether oxygens (including phenoxy) is 1. The maximum atomic E-state index is 15.5. The first-order chi connectivity index (χ1) is 18.7. The third-order valence-corrected chi connectivity index (χ3v) is 8.87. The van der Waals surface area contributed by atoms with Crippen LogP contribution in [0.2, 0.25) is 0 Å². The second-order valence-electron chi connectivity index (χ2n) is 9.91. The molecule has 0 spiro atoms. The van der Waals surface area contributed by atoms with Crippen molar-refractivity contribution in [3.63, 3.8) is 0 Å². The van der Waals surface area contributed by atoms with E-state index in [-0.39, 0.29) is 40.5 Å². The van der Waals surface area contributed by atoms with Crippen LogP contribution >= 0.6 is 11.8 Å². The molecule has 4 rings (SSSR count). The van der Waals surface area contributed by atoms with Gasteiger partial charge in [-0.25, -0.2) is 13.2 Å². The monoisotopic (exact) mass is 559 g/mol. The van der Waals surface area contributed by atoms with Crippen LogP contribution in [0.1, 0.15) is 36.6 Å². The smallest absolute Gasteiger partial charge is 0.260 e. The number of hydrogen-bond acceptors (Lipinski definition) is 5. The van der Waals surface area contributed by atoms with Crippen molar-refractivity contribution in [3.05, 3.63) is 80.9 Å². The van der Waals surface area contributed by atoms with Gasteiger partial charge in [-0.1, -0.05) is 32.0 Å². The lowest BCUT2D eigenvalue weighted by Crippen LogP contribution is -2.38. The molecular weight excluding hydrogens is 523 g/mol. The quantitative estimate of drug-likeness (QED) is 0.299. The fourth-order valence-corrected chi connectivity index (χ4v) is 6.65. The molecule has 0 fully saturated rings. The number of likely N-dealkylation sites (N-methyl/N-ethyl adjacent to an activating group) is 2. The first-order valence-corrected chi connectivity index (χ1v) is 14.3. The molecule has 1 aliphatic rings. The van der Waals surface area contributed by atoms with Gasteiger partial charge in [0.15, 0.2) is 11.6 Å². The lowest BCUT2D eigenvalue weighted by atomic mass is 9.94.